The molecule has 0 aromatic heterocycles. The van der Waals surface area contributed by atoms with Crippen molar-refractivity contribution in [3.05, 3.63) is 89.5 Å². The Morgan fingerprint density at radius 3 is 1.88 bits per heavy atom. The fourth-order valence-corrected chi connectivity index (χ4v) is 2.67. The zero-order valence-electron chi connectivity index (χ0n) is 18.3. The fraction of sp³-hybridized carbons (Fsp3) is 0.120. The quantitative estimate of drug-likeness (QED) is 0.295. The van der Waals surface area contributed by atoms with Crippen molar-refractivity contribution in [2.24, 2.45) is 5.10 Å². The predicted octanol–water partition coefficient (Wildman–Crippen LogP) is 3.41. The number of nitrogens with zero attached hydrogens (tertiary/aromatic N) is 1. The maximum Gasteiger partial charge on any atom is 0.329 e. The molecule has 0 bridgehead atoms. The molecule has 0 heterocycles. The molecule has 0 aliphatic heterocycles. The van der Waals surface area contributed by atoms with Gasteiger partial charge in [-0.15, -0.1) is 0 Å². The first-order valence-corrected chi connectivity index (χ1v) is 10.2. The number of hydrogen-bond donors (Lipinski definition) is 3. The van der Waals surface area contributed by atoms with E-state index in [9.17, 15) is 14.4 Å². The molecule has 168 valence electrons. The summed E-state index contributed by atoms with van der Waals surface area (Å²) in [5.74, 6) is -1.46. The summed E-state index contributed by atoms with van der Waals surface area (Å²) >= 11 is 0. The second kappa shape index (κ2) is 11.2. The zero-order chi connectivity index (χ0) is 23.6. The van der Waals surface area contributed by atoms with Crippen LogP contribution in [-0.4, -0.2) is 30.5 Å². The topological polar surface area (TPSA) is 109 Å². The molecule has 3 N–H and O–H groups in total. The van der Waals surface area contributed by atoms with Crippen LogP contribution in [0.2, 0.25) is 0 Å². The molecule has 0 saturated carbocycles. The molecule has 0 aliphatic carbocycles. The second-order valence-electron chi connectivity index (χ2n) is 7.29. The second-order valence-corrected chi connectivity index (χ2v) is 7.29. The number of ether oxygens (including phenoxy) is 1. The van der Waals surface area contributed by atoms with Gasteiger partial charge in [-0.3, -0.25) is 14.4 Å². The standard InChI is InChI=1S/C25H24N4O4/c1-17-3-9-20(10-4-17)27-23(30)16-33-22-13-7-19(8-14-22)15-26-29-25(32)24(31)28-21-11-5-18(2)6-12-21/h3-15H,16H2,1-2H3,(H,27,30)(H,28,31)(H,29,32)/b26-15-. The third kappa shape index (κ3) is 7.62. The number of rotatable bonds is 7. The van der Waals surface area contributed by atoms with Gasteiger partial charge in [0.25, 0.3) is 5.91 Å². The van der Waals surface area contributed by atoms with Crippen molar-refractivity contribution in [2.45, 2.75) is 13.8 Å². The van der Waals surface area contributed by atoms with Gasteiger partial charge >= 0.3 is 11.8 Å². The first-order chi connectivity index (χ1) is 15.9. The number of carbonyl (C=O) groups excluding carboxylic acids is 3. The van der Waals surface area contributed by atoms with Gasteiger partial charge in [0, 0.05) is 11.4 Å². The van der Waals surface area contributed by atoms with Gasteiger partial charge in [-0.05, 0) is 67.9 Å². The minimum atomic E-state index is -0.883. The molecule has 0 saturated heterocycles. The Morgan fingerprint density at radius 1 is 0.758 bits per heavy atom. The van der Waals surface area contributed by atoms with Crippen LogP contribution >= 0.6 is 0 Å². The summed E-state index contributed by atoms with van der Waals surface area (Å²) in [6.45, 7) is 3.77. The lowest BCUT2D eigenvalue weighted by molar-refractivity contribution is -0.136. The minimum Gasteiger partial charge on any atom is -0.484 e. The normalized spacial score (nSPS) is 10.5. The van der Waals surface area contributed by atoms with Gasteiger partial charge in [-0.1, -0.05) is 35.4 Å². The van der Waals surface area contributed by atoms with Crippen molar-refractivity contribution >= 4 is 35.3 Å². The molecule has 0 unspecified atom stereocenters. The highest BCUT2D eigenvalue weighted by atomic mass is 16.5. The van der Waals surface area contributed by atoms with E-state index in [2.05, 4.69) is 21.2 Å². The number of amides is 3. The van der Waals surface area contributed by atoms with Crippen molar-refractivity contribution in [2.75, 3.05) is 17.2 Å². The maximum absolute atomic E-state index is 12.0. The molecule has 0 atom stereocenters. The van der Waals surface area contributed by atoms with Gasteiger partial charge in [0.2, 0.25) is 0 Å². The fourth-order valence-electron chi connectivity index (χ4n) is 2.67. The highest BCUT2D eigenvalue weighted by Crippen LogP contribution is 2.12. The Morgan fingerprint density at radius 2 is 1.30 bits per heavy atom. The van der Waals surface area contributed by atoms with Gasteiger partial charge < -0.3 is 15.4 Å². The SMILES string of the molecule is Cc1ccc(NC(=O)COc2ccc(/C=N\NC(=O)C(=O)Nc3ccc(C)cc3)cc2)cc1. The van der Waals surface area contributed by atoms with Crippen LogP contribution in [-0.2, 0) is 14.4 Å². The first kappa shape index (κ1) is 23.2. The van der Waals surface area contributed by atoms with Crippen LogP contribution in [0.3, 0.4) is 0 Å². The lowest BCUT2D eigenvalue weighted by Crippen LogP contribution is -2.32. The molecule has 8 heteroatoms. The van der Waals surface area contributed by atoms with E-state index >= 15 is 0 Å². The highest BCUT2D eigenvalue weighted by Gasteiger charge is 2.12. The number of hydrogen-bond acceptors (Lipinski definition) is 5. The van der Waals surface area contributed by atoms with Crippen LogP contribution in [0.25, 0.3) is 0 Å². The predicted molar refractivity (Wildman–Crippen MR) is 127 cm³/mol. The van der Waals surface area contributed by atoms with Crippen molar-refractivity contribution in [1.82, 2.24) is 5.43 Å². The minimum absolute atomic E-state index is 0.131. The molecule has 0 fully saturated rings. The largest absolute Gasteiger partial charge is 0.484 e. The molecular formula is C25H24N4O4. The van der Waals surface area contributed by atoms with E-state index in [1.807, 2.05) is 50.2 Å². The van der Waals surface area contributed by atoms with E-state index in [1.165, 1.54) is 6.21 Å². The zero-order valence-corrected chi connectivity index (χ0v) is 18.3. The number of anilines is 2. The Bertz CT molecular complexity index is 1140. The van der Waals surface area contributed by atoms with Crippen LogP contribution in [0, 0.1) is 13.8 Å². The third-order valence-corrected chi connectivity index (χ3v) is 4.48. The summed E-state index contributed by atoms with van der Waals surface area (Å²) in [4.78, 5) is 35.8. The number of benzene rings is 3. The Balaban J connectivity index is 1.42. The lowest BCUT2D eigenvalue weighted by Gasteiger charge is -2.08. The molecule has 0 spiro atoms. The number of carbonyl (C=O) groups is 3. The van der Waals surface area contributed by atoms with E-state index in [0.717, 1.165) is 11.1 Å². The van der Waals surface area contributed by atoms with E-state index in [0.29, 0.717) is 22.7 Å². The molecule has 3 aromatic carbocycles. The summed E-state index contributed by atoms with van der Waals surface area (Å²) in [5, 5.41) is 9.03. The smallest absolute Gasteiger partial charge is 0.329 e. The number of nitrogens with one attached hydrogen (secondary N) is 3. The average molecular weight is 444 g/mol. The van der Waals surface area contributed by atoms with E-state index < -0.39 is 11.8 Å². The van der Waals surface area contributed by atoms with Gasteiger partial charge in [0.05, 0.1) is 6.21 Å². The van der Waals surface area contributed by atoms with Gasteiger partial charge in [0.1, 0.15) is 5.75 Å². The van der Waals surface area contributed by atoms with Crippen molar-refractivity contribution < 1.29 is 19.1 Å². The summed E-state index contributed by atoms with van der Waals surface area (Å²) in [5.41, 5.74) is 6.23. The molecule has 3 amide bonds. The highest BCUT2D eigenvalue weighted by molar-refractivity contribution is 6.39. The van der Waals surface area contributed by atoms with Crippen LogP contribution in [0.15, 0.2) is 77.9 Å². The number of aryl methyl sites for hydroxylation is 2. The monoisotopic (exact) mass is 444 g/mol. The van der Waals surface area contributed by atoms with Crippen LogP contribution < -0.4 is 20.8 Å². The first-order valence-electron chi connectivity index (χ1n) is 10.2. The molecule has 0 aliphatic rings. The van der Waals surface area contributed by atoms with E-state index in [1.54, 1.807) is 36.4 Å². The Labute approximate surface area is 191 Å². The van der Waals surface area contributed by atoms with Crippen molar-refractivity contribution in [3.63, 3.8) is 0 Å². The molecule has 8 nitrogen and oxygen atoms in total. The Kier molecular flexibility index (Phi) is 7.91. The summed E-state index contributed by atoms with van der Waals surface area (Å²) in [7, 11) is 0. The van der Waals surface area contributed by atoms with Crippen LogP contribution in [0.1, 0.15) is 16.7 Å². The summed E-state index contributed by atoms with van der Waals surface area (Å²) < 4.78 is 5.48. The summed E-state index contributed by atoms with van der Waals surface area (Å²) in [6, 6.07) is 21.3. The third-order valence-electron chi connectivity index (χ3n) is 4.48. The average Bonchev–Trinajstić information content (AvgIpc) is 2.81. The molecule has 3 rings (SSSR count). The molecule has 0 radical (unpaired) electrons. The number of hydrazone groups is 1. The lowest BCUT2D eigenvalue weighted by atomic mass is 10.2. The van der Waals surface area contributed by atoms with Gasteiger partial charge in [0.15, 0.2) is 6.61 Å². The maximum atomic E-state index is 12.0. The van der Waals surface area contributed by atoms with Crippen molar-refractivity contribution in [1.29, 1.82) is 0 Å². The van der Waals surface area contributed by atoms with Crippen LogP contribution in [0.4, 0.5) is 11.4 Å². The Hall–Kier alpha value is -4.46. The van der Waals surface area contributed by atoms with Gasteiger partial charge in [-0.25, -0.2) is 5.43 Å². The van der Waals surface area contributed by atoms with Gasteiger partial charge in [-0.2, -0.15) is 5.10 Å². The molecular weight excluding hydrogens is 420 g/mol. The molecule has 33 heavy (non-hydrogen) atoms. The van der Waals surface area contributed by atoms with E-state index in [-0.39, 0.29) is 12.5 Å². The van der Waals surface area contributed by atoms with E-state index in [4.69, 9.17) is 4.74 Å². The van der Waals surface area contributed by atoms with Crippen LogP contribution in [0.5, 0.6) is 5.75 Å². The molecule has 3 aromatic rings. The van der Waals surface area contributed by atoms with Crippen molar-refractivity contribution in [3.8, 4) is 5.75 Å². The summed E-state index contributed by atoms with van der Waals surface area (Å²) in [6.07, 6.45) is 1.39.